The van der Waals surface area contributed by atoms with E-state index in [1.54, 1.807) is 13.0 Å². The summed E-state index contributed by atoms with van der Waals surface area (Å²) in [4.78, 5) is 10.5. The highest BCUT2D eigenvalue weighted by atomic mass is 16.1. The number of rotatable bonds is 4. The van der Waals surface area contributed by atoms with Gasteiger partial charge >= 0.3 is 0 Å². The summed E-state index contributed by atoms with van der Waals surface area (Å²) in [5, 5.41) is 0. The van der Waals surface area contributed by atoms with Gasteiger partial charge in [-0.05, 0) is 36.3 Å². The Kier molecular flexibility index (Phi) is 8.81. The van der Waals surface area contributed by atoms with Crippen LogP contribution in [0.1, 0.15) is 65.4 Å². The lowest BCUT2D eigenvalue weighted by molar-refractivity contribution is -0.112. The van der Waals surface area contributed by atoms with Gasteiger partial charge in [0.2, 0.25) is 0 Å². The lowest BCUT2D eigenvalue weighted by Crippen LogP contribution is -2.19. The van der Waals surface area contributed by atoms with E-state index in [1.807, 2.05) is 36.4 Å². The predicted molar refractivity (Wildman–Crippen MR) is 96.7 cm³/mol. The Labute approximate surface area is 136 Å². The molecule has 0 aliphatic heterocycles. The number of carbonyl (C=O) groups is 1. The largest absolute Gasteiger partial charge is 0.295 e. The lowest BCUT2D eigenvalue weighted by Gasteiger charge is -2.30. The number of carbonyl (C=O) groups excluding carboxylic acids is 1. The topological polar surface area (TPSA) is 17.1 Å². The van der Waals surface area contributed by atoms with Crippen LogP contribution in [0.5, 0.6) is 0 Å². The molecule has 22 heavy (non-hydrogen) atoms. The van der Waals surface area contributed by atoms with E-state index >= 15 is 0 Å². The Morgan fingerprint density at radius 2 is 1.64 bits per heavy atom. The molecule has 0 bridgehead atoms. The van der Waals surface area contributed by atoms with Crippen LogP contribution < -0.4 is 0 Å². The SMILES string of the molecule is CC(=O)/C=C/c1ccccc1.CC(C)[C@H](C)C1CCCCC1. The van der Waals surface area contributed by atoms with Gasteiger partial charge in [0.1, 0.15) is 0 Å². The summed E-state index contributed by atoms with van der Waals surface area (Å²) in [7, 11) is 0. The molecule has 0 heterocycles. The van der Waals surface area contributed by atoms with Gasteiger partial charge in [0.25, 0.3) is 0 Å². The van der Waals surface area contributed by atoms with E-state index in [0.29, 0.717) is 0 Å². The Morgan fingerprint density at radius 3 is 2.14 bits per heavy atom. The summed E-state index contributed by atoms with van der Waals surface area (Å²) < 4.78 is 0. The smallest absolute Gasteiger partial charge is 0.152 e. The van der Waals surface area contributed by atoms with Crippen LogP contribution in [0.25, 0.3) is 6.08 Å². The summed E-state index contributed by atoms with van der Waals surface area (Å²) >= 11 is 0. The van der Waals surface area contributed by atoms with Crippen LogP contribution in [0.2, 0.25) is 0 Å². The van der Waals surface area contributed by atoms with Crippen molar-refractivity contribution in [2.24, 2.45) is 17.8 Å². The zero-order valence-electron chi connectivity index (χ0n) is 14.7. The van der Waals surface area contributed by atoms with Crippen molar-refractivity contribution in [1.29, 1.82) is 0 Å². The minimum absolute atomic E-state index is 0.0776. The van der Waals surface area contributed by atoms with E-state index in [-0.39, 0.29) is 5.78 Å². The van der Waals surface area contributed by atoms with Crippen LogP contribution in [-0.2, 0) is 4.79 Å². The number of allylic oxidation sites excluding steroid dienone is 1. The van der Waals surface area contributed by atoms with Gasteiger partial charge < -0.3 is 0 Å². The Balaban J connectivity index is 0.000000220. The Hall–Kier alpha value is -1.37. The summed E-state index contributed by atoms with van der Waals surface area (Å²) in [6, 6.07) is 9.75. The average molecular weight is 300 g/mol. The van der Waals surface area contributed by atoms with E-state index in [0.717, 1.165) is 23.3 Å². The molecule has 1 nitrogen and oxygen atoms in total. The van der Waals surface area contributed by atoms with Crippen molar-refractivity contribution >= 4 is 11.9 Å². The maximum absolute atomic E-state index is 10.5. The summed E-state index contributed by atoms with van der Waals surface area (Å²) in [6.07, 6.45) is 10.8. The molecule has 1 heteroatoms. The number of hydrogen-bond acceptors (Lipinski definition) is 1. The second-order valence-electron chi connectivity index (χ2n) is 6.86. The van der Waals surface area contributed by atoms with Gasteiger partial charge in [-0.15, -0.1) is 0 Å². The van der Waals surface area contributed by atoms with Crippen molar-refractivity contribution in [3.63, 3.8) is 0 Å². The first-order chi connectivity index (χ1) is 10.5. The molecule has 0 amide bonds. The van der Waals surface area contributed by atoms with Gasteiger partial charge in [-0.2, -0.15) is 0 Å². The third kappa shape index (κ3) is 7.59. The molecule has 1 aliphatic carbocycles. The molecule has 0 saturated heterocycles. The van der Waals surface area contributed by atoms with Gasteiger partial charge in [0, 0.05) is 0 Å². The van der Waals surface area contributed by atoms with E-state index in [9.17, 15) is 4.79 Å². The molecule has 2 rings (SSSR count). The number of ketones is 1. The fraction of sp³-hybridized carbons (Fsp3) is 0.571. The maximum atomic E-state index is 10.5. The number of benzene rings is 1. The van der Waals surface area contributed by atoms with Crippen molar-refractivity contribution in [2.45, 2.75) is 59.8 Å². The van der Waals surface area contributed by atoms with Crippen molar-refractivity contribution < 1.29 is 4.79 Å². The Morgan fingerprint density at radius 1 is 1.05 bits per heavy atom. The molecule has 1 atom stereocenters. The highest BCUT2D eigenvalue weighted by Crippen LogP contribution is 2.33. The minimum Gasteiger partial charge on any atom is -0.295 e. The third-order valence-corrected chi connectivity index (χ3v) is 4.76. The molecule has 0 N–H and O–H groups in total. The fourth-order valence-electron chi connectivity index (χ4n) is 2.98. The van der Waals surface area contributed by atoms with Gasteiger partial charge in [-0.25, -0.2) is 0 Å². The fourth-order valence-corrected chi connectivity index (χ4v) is 2.98. The van der Waals surface area contributed by atoms with Crippen LogP contribution >= 0.6 is 0 Å². The third-order valence-electron chi connectivity index (χ3n) is 4.76. The molecule has 1 aromatic carbocycles. The van der Waals surface area contributed by atoms with Gasteiger partial charge in [-0.1, -0.05) is 89.3 Å². The van der Waals surface area contributed by atoms with Crippen LogP contribution in [-0.4, -0.2) is 5.78 Å². The van der Waals surface area contributed by atoms with E-state index < -0.39 is 0 Å². The minimum atomic E-state index is 0.0776. The highest BCUT2D eigenvalue weighted by Gasteiger charge is 2.21. The van der Waals surface area contributed by atoms with Crippen LogP contribution in [0.15, 0.2) is 36.4 Å². The van der Waals surface area contributed by atoms with Crippen LogP contribution in [0.4, 0.5) is 0 Å². The maximum Gasteiger partial charge on any atom is 0.152 e. The van der Waals surface area contributed by atoms with Crippen LogP contribution in [0.3, 0.4) is 0 Å². The first-order valence-electron chi connectivity index (χ1n) is 8.74. The van der Waals surface area contributed by atoms with Gasteiger partial charge in [0.05, 0.1) is 0 Å². The van der Waals surface area contributed by atoms with Crippen molar-refractivity contribution in [2.75, 3.05) is 0 Å². The summed E-state index contributed by atoms with van der Waals surface area (Å²) in [5.74, 6) is 2.96. The normalized spacial score (nSPS) is 17.1. The zero-order valence-corrected chi connectivity index (χ0v) is 14.7. The highest BCUT2D eigenvalue weighted by molar-refractivity contribution is 5.91. The summed E-state index contributed by atoms with van der Waals surface area (Å²) in [5.41, 5.74) is 1.06. The first-order valence-corrected chi connectivity index (χ1v) is 8.74. The molecule has 1 fully saturated rings. The second-order valence-corrected chi connectivity index (χ2v) is 6.86. The van der Waals surface area contributed by atoms with E-state index in [1.165, 1.54) is 32.1 Å². The van der Waals surface area contributed by atoms with Gasteiger partial charge in [0.15, 0.2) is 5.78 Å². The first kappa shape index (κ1) is 18.7. The van der Waals surface area contributed by atoms with Crippen LogP contribution in [0, 0.1) is 17.8 Å². The Bertz CT molecular complexity index is 438. The van der Waals surface area contributed by atoms with Crippen molar-refractivity contribution in [3.8, 4) is 0 Å². The quantitative estimate of drug-likeness (QED) is 0.610. The summed E-state index contributed by atoms with van der Waals surface area (Å²) in [6.45, 7) is 8.69. The molecule has 1 saturated carbocycles. The molecule has 0 radical (unpaired) electrons. The molecular formula is C21H32O. The molecule has 0 spiro atoms. The van der Waals surface area contributed by atoms with Crippen molar-refractivity contribution in [1.82, 2.24) is 0 Å². The standard InChI is InChI=1S/C11H22.C10H10O/c1-9(2)10(3)11-7-5-4-6-8-11;1-9(11)7-8-10-5-3-2-4-6-10/h9-11H,4-8H2,1-3H3;2-8H,1H3/b;8-7+/t10-;/m0./s1. The predicted octanol–water partition coefficient (Wildman–Crippen LogP) is 6.15. The zero-order chi connectivity index (χ0) is 16.4. The molecular weight excluding hydrogens is 268 g/mol. The van der Waals surface area contributed by atoms with E-state index in [2.05, 4.69) is 20.8 Å². The number of hydrogen-bond donors (Lipinski definition) is 0. The van der Waals surface area contributed by atoms with Gasteiger partial charge in [-0.3, -0.25) is 4.79 Å². The molecule has 122 valence electrons. The van der Waals surface area contributed by atoms with E-state index in [4.69, 9.17) is 0 Å². The molecule has 1 aromatic rings. The van der Waals surface area contributed by atoms with Crippen molar-refractivity contribution in [3.05, 3.63) is 42.0 Å². The second kappa shape index (κ2) is 10.4. The molecule has 1 aliphatic rings. The monoisotopic (exact) mass is 300 g/mol. The average Bonchev–Trinajstić information content (AvgIpc) is 2.54. The lowest BCUT2D eigenvalue weighted by atomic mass is 9.76. The molecule has 0 aromatic heterocycles. The molecule has 0 unspecified atom stereocenters.